The molecule has 3 rings (SSSR count). The number of rotatable bonds is 9. The summed E-state index contributed by atoms with van der Waals surface area (Å²) >= 11 is 6.38. The molecule has 2 amide bonds. The molecular formula is C25H26ClN3O7S. The average molecular weight is 548 g/mol. The quantitative estimate of drug-likeness (QED) is 0.351. The number of halogens is 1. The standard InChI is InChI=1S/C25H26ClN3O7S/c1-15(29(2)25(31)32)24(30)27-18-9-10-22(36-4)21(14-18)28-37(33,34)23-11-8-17(13-20(23)26)16-6-5-7-19(12-16)35-3/h5-15,28H,1-4H3,(H,27,30)(H,31,32)/t15-/m0/s1. The lowest BCUT2D eigenvalue weighted by Gasteiger charge is -2.21. The van der Waals surface area contributed by atoms with E-state index in [0.29, 0.717) is 11.3 Å². The lowest BCUT2D eigenvalue weighted by atomic mass is 10.1. The molecule has 196 valence electrons. The van der Waals surface area contributed by atoms with Crippen LogP contribution in [0.1, 0.15) is 6.92 Å². The highest BCUT2D eigenvalue weighted by Crippen LogP contribution is 2.34. The molecular weight excluding hydrogens is 522 g/mol. The summed E-state index contributed by atoms with van der Waals surface area (Å²) in [7, 11) is 0.0265. The predicted octanol–water partition coefficient (Wildman–Crippen LogP) is 4.76. The van der Waals surface area contributed by atoms with Crippen molar-refractivity contribution in [2.24, 2.45) is 0 Å². The molecule has 0 fully saturated rings. The zero-order chi connectivity index (χ0) is 27.3. The van der Waals surface area contributed by atoms with Crippen molar-refractivity contribution in [3.8, 4) is 22.6 Å². The van der Waals surface area contributed by atoms with Crippen molar-refractivity contribution in [2.75, 3.05) is 31.3 Å². The second kappa shape index (κ2) is 11.4. The highest BCUT2D eigenvalue weighted by atomic mass is 35.5. The third-order valence-corrected chi connectivity index (χ3v) is 7.45. The summed E-state index contributed by atoms with van der Waals surface area (Å²) in [4.78, 5) is 24.3. The lowest BCUT2D eigenvalue weighted by molar-refractivity contribution is -0.119. The fourth-order valence-corrected chi connectivity index (χ4v) is 4.96. The number of carboxylic acid groups (broad SMARTS) is 1. The summed E-state index contributed by atoms with van der Waals surface area (Å²) in [5, 5.41) is 11.7. The Hall–Kier alpha value is -3.96. The van der Waals surface area contributed by atoms with Crippen LogP contribution in [0.15, 0.2) is 65.6 Å². The number of benzene rings is 3. The summed E-state index contributed by atoms with van der Waals surface area (Å²) in [5.41, 5.74) is 1.78. The molecule has 0 saturated carbocycles. The van der Waals surface area contributed by atoms with Gasteiger partial charge in [-0.1, -0.05) is 29.8 Å². The smallest absolute Gasteiger partial charge is 0.407 e. The van der Waals surface area contributed by atoms with Gasteiger partial charge in [0.2, 0.25) is 5.91 Å². The zero-order valence-corrected chi connectivity index (χ0v) is 22.1. The van der Waals surface area contributed by atoms with Gasteiger partial charge in [-0.25, -0.2) is 13.2 Å². The van der Waals surface area contributed by atoms with E-state index in [2.05, 4.69) is 10.0 Å². The number of anilines is 2. The summed E-state index contributed by atoms with van der Waals surface area (Å²) in [6.45, 7) is 1.42. The van der Waals surface area contributed by atoms with Gasteiger partial charge in [-0.05, 0) is 60.5 Å². The van der Waals surface area contributed by atoms with E-state index < -0.39 is 28.1 Å². The van der Waals surface area contributed by atoms with Gasteiger partial charge in [0.05, 0.1) is 24.9 Å². The second-order valence-corrected chi connectivity index (χ2v) is 10.0. The van der Waals surface area contributed by atoms with E-state index in [1.54, 1.807) is 31.4 Å². The maximum Gasteiger partial charge on any atom is 0.407 e. The number of nitrogens with one attached hydrogen (secondary N) is 2. The van der Waals surface area contributed by atoms with Gasteiger partial charge in [-0.3, -0.25) is 14.4 Å². The normalized spacial score (nSPS) is 11.8. The third kappa shape index (κ3) is 6.43. The molecule has 0 aliphatic carbocycles. The Morgan fingerprint density at radius 3 is 2.32 bits per heavy atom. The third-order valence-electron chi connectivity index (χ3n) is 5.60. The number of amides is 2. The molecule has 0 bridgehead atoms. The summed E-state index contributed by atoms with van der Waals surface area (Å²) in [6, 6.07) is 15.2. The largest absolute Gasteiger partial charge is 0.497 e. The molecule has 3 N–H and O–H groups in total. The minimum atomic E-state index is -4.16. The van der Waals surface area contributed by atoms with Crippen LogP contribution in [-0.4, -0.2) is 57.7 Å². The SMILES string of the molecule is COc1cccc(-c2ccc(S(=O)(=O)Nc3cc(NC(=O)[C@H](C)N(C)C(=O)O)ccc3OC)c(Cl)c2)c1. The van der Waals surface area contributed by atoms with Crippen LogP contribution in [0.4, 0.5) is 16.2 Å². The van der Waals surface area contributed by atoms with E-state index in [9.17, 15) is 18.0 Å². The molecule has 0 radical (unpaired) electrons. The van der Waals surface area contributed by atoms with Crippen molar-refractivity contribution in [3.63, 3.8) is 0 Å². The van der Waals surface area contributed by atoms with E-state index >= 15 is 0 Å². The monoisotopic (exact) mass is 547 g/mol. The number of hydrogen-bond acceptors (Lipinski definition) is 6. The van der Waals surface area contributed by atoms with Gasteiger partial charge in [0.1, 0.15) is 22.4 Å². The first kappa shape index (κ1) is 27.6. The Bertz CT molecular complexity index is 1430. The maximum absolute atomic E-state index is 13.2. The van der Waals surface area contributed by atoms with Crippen LogP contribution >= 0.6 is 11.6 Å². The zero-order valence-electron chi connectivity index (χ0n) is 20.5. The topological polar surface area (TPSA) is 134 Å². The Morgan fingerprint density at radius 1 is 1.00 bits per heavy atom. The Balaban J connectivity index is 1.88. The van der Waals surface area contributed by atoms with Gasteiger partial charge >= 0.3 is 6.09 Å². The number of methoxy groups -OCH3 is 2. The molecule has 0 unspecified atom stereocenters. The molecule has 1 atom stereocenters. The summed E-state index contributed by atoms with van der Waals surface area (Å²) in [6.07, 6.45) is -1.26. The van der Waals surface area contributed by atoms with Crippen LogP contribution in [0.25, 0.3) is 11.1 Å². The van der Waals surface area contributed by atoms with Crippen molar-refractivity contribution >= 4 is 45.0 Å². The molecule has 3 aromatic carbocycles. The fourth-order valence-electron chi connectivity index (χ4n) is 3.35. The fraction of sp³-hybridized carbons (Fsp3) is 0.200. The van der Waals surface area contributed by atoms with Gasteiger partial charge in [0, 0.05) is 12.7 Å². The van der Waals surface area contributed by atoms with E-state index in [1.807, 2.05) is 12.1 Å². The molecule has 0 heterocycles. The molecule has 0 aliphatic heterocycles. The first-order valence-electron chi connectivity index (χ1n) is 10.9. The Morgan fingerprint density at radius 2 is 1.70 bits per heavy atom. The minimum Gasteiger partial charge on any atom is -0.497 e. The highest BCUT2D eigenvalue weighted by molar-refractivity contribution is 7.92. The van der Waals surface area contributed by atoms with Crippen LogP contribution in [0, 0.1) is 0 Å². The lowest BCUT2D eigenvalue weighted by Crippen LogP contribution is -2.42. The molecule has 0 spiro atoms. The molecule has 10 nitrogen and oxygen atoms in total. The number of sulfonamides is 1. The molecule has 3 aromatic rings. The molecule has 0 aromatic heterocycles. The first-order chi connectivity index (χ1) is 17.5. The predicted molar refractivity (Wildman–Crippen MR) is 141 cm³/mol. The van der Waals surface area contributed by atoms with E-state index in [4.69, 9.17) is 26.2 Å². The summed E-state index contributed by atoms with van der Waals surface area (Å²) in [5.74, 6) is 0.247. The highest BCUT2D eigenvalue weighted by Gasteiger charge is 2.24. The minimum absolute atomic E-state index is 0.00165. The average Bonchev–Trinajstić information content (AvgIpc) is 2.87. The maximum atomic E-state index is 13.2. The molecule has 12 heteroatoms. The number of ether oxygens (including phenoxy) is 2. The Kier molecular flexibility index (Phi) is 8.51. The van der Waals surface area contributed by atoms with Crippen LogP contribution < -0.4 is 19.5 Å². The second-order valence-electron chi connectivity index (χ2n) is 7.96. The van der Waals surface area contributed by atoms with Crippen LogP contribution in [-0.2, 0) is 14.8 Å². The van der Waals surface area contributed by atoms with Crippen molar-refractivity contribution in [1.82, 2.24) is 4.90 Å². The van der Waals surface area contributed by atoms with Crippen LogP contribution in [0.3, 0.4) is 0 Å². The van der Waals surface area contributed by atoms with Crippen molar-refractivity contribution in [1.29, 1.82) is 0 Å². The number of carbonyl (C=O) groups excluding carboxylic acids is 1. The molecule has 0 saturated heterocycles. The van der Waals surface area contributed by atoms with E-state index in [1.165, 1.54) is 45.3 Å². The van der Waals surface area contributed by atoms with Crippen LogP contribution in [0.2, 0.25) is 5.02 Å². The number of likely N-dealkylation sites (N-methyl/N-ethyl adjacent to an activating group) is 1. The number of carbonyl (C=O) groups is 2. The van der Waals surface area contributed by atoms with Crippen molar-refractivity contribution in [3.05, 3.63) is 65.7 Å². The van der Waals surface area contributed by atoms with Crippen molar-refractivity contribution < 1.29 is 32.6 Å². The number of nitrogens with zero attached hydrogens (tertiary/aromatic N) is 1. The molecule has 0 aliphatic rings. The van der Waals surface area contributed by atoms with Crippen LogP contribution in [0.5, 0.6) is 11.5 Å². The van der Waals surface area contributed by atoms with Gasteiger partial charge in [0.25, 0.3) is 10.0 Å². The first-order valence-corrected chi connectivity index (χ1v) is 12.7. The Labute approximate surface area is 219 Å². The van der Waals surface area contributed by atoms with E-state index in [0.717, 1.165) is 10.5 Å². The summed E-state index contributed by atoms with van der Waals surface area (Å²) < 4.78 is 39.4. The van der Waals surface area contributed by atoms with Gasteiger partial charge < -0.3 is 19.9 Å². The van der Waals surface area contributed by atoms with E-state index in [-0.39, 0.29) is 27.0 Å². The van der Waals surface area contributed by atoms with Gasteiger partial charge in [-0.2, -0.15) is 0 Å². The molecule has 37 heavy (non-hydrogen) atoms. The van der Waals surface area contributed by atoms with Gasteiger partial charge in [0.15, 0.2) is 0 Å². The van der Waals surface area contributed by atoms with Gasteiger partial charge in [-0.15, -0.1) is 0 Å². The van der Waals surface area contributed by atoms with Crippen molar-refractivity contribution in [2.45, 2.75) is 17.9 Å². The number of hydrogen-bond donors (Lipinski definition) is 3.